The summed E-state index contributed by atoms with van der Waals surface area (Å²) in [6.45, 7) is 4.14. The largest absolute Gasteiger partial charge is 0.465 e. The van der Waals surface area contributed by atoms with Crippen LogP contribution in [0.3, 0.4) is 0 Å². The molecule has 1 aliphatic heterocycles. The number of halogens is 3. The molecule has 1 saturated heterocycles. The van der Waals surface area contributed by atoms with E-state index in [-0.39, 0.29) is 18.0 Å². The van der Waals surface area contributed by atoms with E-state index in [1.54, 1.807) is 18.7 Å². The minimum absolute atomic E-state index is 0.173. The molecule has 0 saturated carbocycles. The first-order valence-electron chi connectivity index (χ1n) is 6.35. The molecule has 2 unspecified atom stereocenters. The summed E-state index contributed by atoms with van der Waals surface area (Å²) in [7, 11) is 0. The number of anilines is 1. The lowest BCUT2D eigenvalue weighted by atomic mass is 10.1. The third-order valence-electron chi connectivity index (χ3n) is 3.39. The lowest BCUT2D eigenvalue weighted by molar-refractivity contribution is -0.138. The topological polar surface area (TPSA) is 69.6 Å². The summed E-state index contributed by atoms with van der Waals surface area (Å²) < 4.78 is 37.4. The molecule has 1 N–H and O–H groups in total. The zero-order valence-corrected chi connectivity index (χ0v) is 11.5. The van der Waals surface area contributed by atoms with Crippen molar-refractivity contribution in [3.05, 3.63) is 18.0 Å². The maximum atomic E-state index is 12.5. The van der Waals surface area contributed by atoms with E-state index < -0.39 is 17.8 Å². The Morgan fingerprint density at radius 1 is 1.24 bits per heavy atom. The number of amides is 1. The van der Waals surface area contributed by atoms with E-state index >= 15 is 0 Å². The third-order valence-corrected chi connectivity index (χ3v) is 3.39. The maximum absolute atomic E-state index is 12.5. The molecular formula is C12H15F3N4O2. The average Bonchev–Trinajstić information content (AvgIpc) is 2.36. The highest BCUT2D eigenvalue weighted by Gasteiger charge is 2.35. The SMILES string of the molecule is CC1CN(c2ncc(C(F)(F)F)cn2)CC(C)N1C(=O)O. The monoisotopic (exact) mass is 304 g/mol. The normalized spacial score (nSPS) is 23.3. The van der Waals surface area contributed by atoms with Crippen molar-refractivity contribution in [1.82, 2.24) is 14.9 Å². The molecule has 1 aromatic heterocycles. The van der Waals surface area contributed by atoms with E-state index in [0.29, 0.717) is 13.1 Å². The Labute approximate surface area is 119 Å². The highest BCUT2D eigenvalue weighted by Crippen LogP contribution is 2.28. The smallest absolute Gasteiger partial charge is 0.419 e. The summed E-state index contributed by atoms with van der Waals surface area (Å²) in [5.74, 6) is 0.173. The number of hydrogen-bond donors (Lipinski definition) is 1. The first-order valence-corrected chi connectivity index (χ1v) is 6.35. The van der Waals surface area contributed by atoms with Gasteiger partial charge in [-0.05, 0) is 13.8 Å². The molecule has 0 spiro atoms. The standard InChI is InChI=1S/C12H15F3N4O2/c1-7-5-18(6-8(2)19(7)11(20)21)10-16-3-9(4-17-10)12(13,14)15/h3-4,7-8H,5-6H2,1-2H3,(H,20,21). The van der Waals surface area contributed by atoms with E-state index in [1.165, 1.54) is 4.90 Å². The van der Waals surface area contributed by atoms with Crippen molar-refractivity contribution in [3.8, 4) is 0 Å². The first-order chi connectivity index (χ1) is 9.70. The summed E-state index contributed by atoms with van der Waals surface area (Å²) >= 11 is 0. The number of carbonyl (C=O) groups is 1. The summed E-state index contributed by atoms with van der Waals surface area (Å²) in [6.07, 6.45) is -4.01. The molecule has 1 amide bonds. The molecular weight excluding hydrogens is 289 g/mol. The number of rotatable bonds is 1. The van der Waals surface area contributed by atoms with Crippen LogP contribution in [-0.2, 0) is 6.18 Å². The van der Waals surface area contributed by atoms with Crippen LogP contribution in [0.25, 0.3) is 0 Å². The van der Waals surface area contributed by atoms with Crippen molar-refractivity contribution in [2.75, 3.05) is 18.0 Å². The van der Waals surface area contributed by atoms with Crippen molar-refractivity contribution in [2.24, 2.45) is 0 Å². The van der Waals surface area contributed by atoms with Gasteiger partial charge in [0.2, 0.25) is 5.95 Å². The van der Waals surface area contributed by atoms with Crippen LogP contribution < -0.4 is 4.90 Å². The fraction of sp³-hybridized carbons (Fsp3) is 0.583. The van der Waals surface area contributed by atoms with Crippen LogP contribution >= 0.6 is 0 Å². The number of hydrogen-bond acceptors (Lipinski definition) is 4. The number of piperazine rings is 1. The zero-order valence-electron chi connectivity index (χ0n) is 11.5. The van der Waals surface area contributed by atoms with Crippen LogP contribution in [0.1, 0.15) is 19.4 Å². The second-order valence-electron chi connectivity index (χ2n) is 5.06. The van der Waals surface area contributed by atoms with E-state index in [9.17, 15) is 18.0 Å². The molecule has 0 radical (unpaired) electrons. The molecule has 0 bridgehead atoms. The van der Waals surface area contributed by atoms with Gasteiger partial charge in [-0.3, -0.25) is 4.90 Å². The highest BCUT2D eigenvalue weighted by atomic mass is 19.4. The minimum atomic E-state index is -4.47. The van der Waals surface area contributed by atoms with Crippen LogP contribution in [0, 0.1) is 0 Å². The van der Waals surface area contributed by atoms with Crippen LogP contribution in [0.15, 0.2) is 12.4 Å². The summed E-state index contributed by atoms with van der Waals surface area (Å²) in [4.78, 5) is 21.6. The number of alkyl halides is 3. The van der Waals surface area contributed by atoms with Gasteiger partial charge >= 0.3 is 12.3 Å². The van der Waals surface area contributed by atoms with E-state index in [4.69, 9.17) is 5.11 Å². The third kappa shape index (κ3) is 3.17. The van der Waals surface area contributed by atoms with Crippen LogP contribution in [-0.4, -0.2) is 51.2 Å². The zero-order chi connectivity index (χ0) is 15.8. The number of nitrogens with zero attached hydrogens (tertiary/aromatic N) is 4. The molecule has 0 aromatic carbocycles. The van der Waals surface area contributed by atoms with Gasteiger partial charge in [-0.2, -0.15) is 13.2 Å². The Bertz CT molecular complexity index is 508. The van der Waals surface area contributed by atoms with Gasteiger partial charge in [0, 0.05) is 25.5 Å². The predicted octanol–water partition coefficient (Wildman–Crippen LogP) is 2.07. The van der Waals surface area contributed by atoms with Gasteiger partial charge in [0.1, 0.15) is 0 Å². The Kier molecular flexibility index (Phi) is 3.93. The van der Waals surface area contributed by atoms with Crippen LogP contribution in [0.4, 0.5) is 23.9 Å². The molecule has 1 aliphatic rings. The molecule has 2 rings (SSSR count). The summed E-state index contributed by atoms with van der Waals surface area (Å²) in [5.41, 5.74) is -0.906. The van der Waals surface area contributed by atoms with Crippen molar-refractivity contribution >= 4 is 12.0 Å². The van der Waals surface area contributed by atoms with Gasteiger partial charge in [0.15, 0.2) is 0 Å². The van der Waals surface area contributed by atoms with Gasteiger partial charge in [0.25, 0.3) is 0 Å². The van der Waals surface area contributed by atoms with Crippen LogP contribution in [0.5, 0.6) is 0 Å². The highest BCUT2D eigenvalue weighted by molar-refractivity contribution is 5.66. The van der Waals surface area contributed by atoms with E-state index in [1.807, 2.05) is 0 Å². The molecule has 9 heteroatoms. The molecule has 1 fully saturated rings. The average molecular weight is 304 g/mol. The van der Waals surface area contributed by atoms with E-state index in [2.05, 4.69) is 9.97 Å². The van der Waals surface area contributed by atoms with Crippen molar-refractivity contribution < 1.29 is 23.1 Å². The molecule has 21 heavy (non-hydrogen) atoms. The fourth-order valence-corrected chi connectivity index (χ4v) is 2.49. The summed E-state index contributed by atoms with van der Waals surface area (Å²) in [5, 5.41) is 9.11. The minimum Gasteiger partial charge on any atom is -0.465 e. The summed E-state index contributed by atoms with van der Waals surface area (Å²) in [6, 6.07) is -0.589. The van der Waals surface area contributed by atoms with Gasteiger partial charge in [0.05, 0.1) is 17.6 Å². The molecule has 116 valence electrons. The van der Waals surface area contributed by atoms with Gasteiger partial charge < -0.3 is 10.0 Å². The second-order valence-corrected chi connectivity index (χ2v) is 5.06. The van der Waals surface area contributed by atoms with Crippen molar-refractivity contribution in [1.29, 1.82) is 0 Å². The lowest BCUT2D eigenvalue weighted by Gasteiger charge is -2.42. The first kappa shape index (κ1) is 15.3. The van der Waals surface area contributed by atoms with Crippen molar-refractivity contribution in [2.45, 2.75) is 32.1 Å². The van der Waals surface area contributed by atoms with Crippen LogP contribution in [0.2, 0.25) is 0 Å². The van der Waals surface area contributed by atoms with Gasteiger partial charge in [-0.1, -0.05) is 0 Å². The Balaban J connectivity index is 2.15. The Hall–Kier alpha value is -2.06. The predicted molar refractivity (Wildman–Crippen MR) is 68.0 cm³/mol. The molecule has 2 atom stereocenters. The Morgan fingerprint density at radius 3 is 2.10 bits per heavy atom. The van der Waals surface area contributed by atoms with E-state index in [0.717, 1.165) is 12.4 Å². The van der Waals surface area contributed by atoms with Gasteiger partial charge in [-0.15, -0.1) is 0 Å². The molecule has 2 heterocycles. The van der Waals surface area contributed by atoms with Crippen molar-refractivity contribution in [3.63, 3.8) is 0 Å². The lowest BCUT2D eigenvalue weighted by Crippen LogP contribution is -2.58. The molecule has 0 aliphatic carbocycles. The number of carboxylic acid groups (broad SMARTS) is 1. The Morgan fingerprint density at radius 2 is 1.71 bits per heavy atom. The number of aromatic nitrogens is 2. The maximum Gasteiger partial charge on any atom is 0.419 e. The van der Waals surface area contributed by atoms with Gasteiger partial charge in [-0.25, -0.2) is 14.8 Å². The fourth-order valence-electron chi connectivity index (χ4n) is 2.49. The molecule has 1 aromatic rings. The quantitative estimate of drug-likeness (QED) is 0.860. The second kappa shape index (κ2) is 5.38. The molecule has 6 nitrogen and oxygen atoms in total.